The zero-order valence-corrected chi connectivity index (χ0v) is 18.7. The van der Waals surface area contributed by atoms with Crippen LogP contribution in [0.3, 0.4) is 0 Å². The fourth-order valence-corrected chi connectivity index (χ4v) is 4.45. The quantitative estimate of drug-likeness (QED) is 0.622. The molecule has 0 unspecified atom stereocenters. The molecule has 0 fully saturated rings. The van der Waals surface area contributed by atoms with E-state index in [1.807, 2.05) is 0 Å². The van der Waals surface area contributed by atoms with Gasteiger partial charge >= 0.3 is 0 Å². The minimum absolute atomic E-state index is 0.111. The molecule has 3 aromatic rings. The van der Waals surface area contributed by atoms with Crippen molar-refractivity contribution in [2.45, 2.75) is 32.4 Å². The van der Waals surface area contributed by atoms with Gasteiger partial charge in [-0.1, -0.05) is 29.0 Å². The fourth-order valence-electron chi connectivity index (χ4n) is 3.30. The van der Waals surface area contributed by atoms with Crippen molar-refractivity contribution in [1.29, 1.82) is 0 Å². The zero-order chi connectivity index (χ0) is 22.0. The number of pyridine rings is 1. The summed E-state index contributed by atoms with van der Waals surface area (Å²) in [5.74, 6) is 0.162. The number of benzene rings is 1. The molecule has 0 aliphatic carbocycles. The summed E-state index contributed by atoms with van der Waals surface area (Å²) in [6.07, 6.45) is 2.19. The Labute approximate surface area is 189 Å². The van der Waals surface area contributed by atoms with Crippen molar-refractivity contribution in [3.8, 4) is 5.75 Å². The molecule has 9 heteroatoms. The Bertz CT molecular complexity index is 1100. The van der Waals surface area contributed by atoms with Gasteiger partial charge in [0, 0.05) is 29.1 Å². The summed E-state index contributed by atoms with van der Waals surface area (Å²) in [6, 6.07) is 12.1. The van der Waals surface area contributed by atoms with E-state index in [2.05, 4.69) is 15.3 Å². The lowest BCUT2D eigenvalue weighted by molar-refractivity contribution is -0.146. The molecule has 2 aromatic heterocycles. The lowest BCUT2D eigenvalue weighted by atomic mass is 10.1. The molecule has 31 heavy (non-hydrogen) atoms. The molecule has 4 rings (SSSR count). The molecule has 7 nitrogen and oxygen atoms in total. The van der Waals surface area contributed by atoms with Gasteiger partial charge < -0.3 is 9.64 Å². The summed E-state index contributed by atoms with van der Waals surface area (Å²) in [7, 11) is 0. The second-order valence-electron chi connectivity index (χ2n) is 7.60. The molecular formula is C22H21ClN4O3S. The summed E-state index contributed by atoms with van der Waals surface area (Å²) in [4.78, 5) is 36.8. The number of carbonyl (C=O) groups excluding carboxylic acids is 2. The Kier molecular flexibility index (Phi) is 5.93. The van der Waals surface area contributed by atoms with Crippen LogP contribution in [0.4, 0.5) is 5.13 Å². The number of fused-ring (bicyclic) bond motifs is 1. The van der Waals surface area contributed by atoms with E-state index in [-0.39, 0.29) is 11.8 Å². The van der Waals surface area contributed by atoms with Gasteiger partial charge in [0.25, 0.3) is 11.8 Å². The highest BCUT2D eigenvalue weighted by atomic mass is 35.5. The van der Waals surface area contributed by atoms with E-state index in [9.17, 15) is 9.59 Å². The largest absolute Gasteiger partial charge is 0.478 e. The van der Waals surface area contributed by atoms with E-state index in [1.54, 1.807) is 67.4 Å². The molecule has 1 aliphatic heterocycles. The molecule has 160 valence electrons. The third kappa shape index (κ3) is 4.86. The Morgan fingerprint density at radius 2 is 1.97 bits per heavy atom. The number of halogens is 1. The second-order valence-corrected chi connectivity index (χ2v) is 9.12. The van der Waals surface area contributed by atoms with Gasteiger partial charge in [-0.15, -0.1) is 0 Å². The highest BCUT2D eigenvalue weighted by Gasteiger charge is 2.36. The Balaban J connectivity index is 1.43. The van der Waals surface area contributed by atoms with Crippen LogP contribution in [0.1, 0.15) is 34.9 Å². The van der Waals surface area contributed by atoms with E-state index in [1.165, 1.54) is 11.3 Å². The monoisotopic (exact) mass is 456 g/mol. The number of ether oxygens (including phenoxy) is 1. The van der Waals surface area contributed by atoms with Gasteiger partial charge in [-0.25, -0.2) is 4.98 Å². The van der Waals surface area contributed by atoms with Gasteiger partial charge in [0.1, 0.15) is 11.4 Å². The topological polar surface area (TPSA) is 84.4 Å². The van der Waals surface area contributed by atoms with Crippen molar-refractivity contribution in [3.05, 3.63) is 69.9 Å². The molecule has 0 bridgehead atoms. The molecule has 1 N–H and O–H groups in total. The van der Waals surface area contributed by atoms with Crippen LogP contribution in [0.25, 0.3) is 0 Å². The molecule has 3 heterocycles. The lowest BCUT2D eigenvalue weighted by Crippen LogP contribution is -2.50. The summed E-state index contributed by atoms with van der Waals surface area (Å²) in [5.41, 5.74) is 0.196. The first-order valence-electron chi connectivity index (χ1n) is 9.77. The second kappa shape index (κ2) is 8.64. The highest BCUT2D eigenvalue weighted by molar-refractivity contribution is 7.15. The molecule has 0 radical (unpaired) electrons. The minimum atomic E-state index is -1.04. The standard InChI is InChI=1S/C22H21ClN4O3S/c1-22(2,30-15-8-6-14(23)7-9-15)20(29)27-12-10-16-18(13-27)31-21(25-16)26-19(28)17-5-3-4-11-24-17/h3-9,11H,10,12-13H2,1-2H3,(H,25,26,28). The number of rotatable bonds is 5. The number of thiazole rings is 1. The molecule has 2 amide bonds. The average Bonchev–Trinajstić information content (AvgIpc) is 3.16. The zero-order valence-electron chi connectivity index (χ0n) is 17.1. The van der Waals surface area contributed by atoms with Crippen molar-refractivity contribution in [2.75, 3.05) is 11.9 Å². The average molecular weight is 457 g/mol. The first kappa shape index (κ1) is 21.3. The predicted molar refractivity (Wildman–Crippen MR) is 120 cm³/mol. The van der Waals surface area contributed by atoms with Crippen LogP contribution in [0, 0.1) is 0 Å². The Morgan fingerprint density at radius 3 is 2.68 bits per heavy atom. The van der Waals surface area contributed by atoms with E-state index in [4.69, 9.17) is 16.3 Å². The third-order valence-corrected chi connectivity index (χ3v) is 6.09. The van der Waals surface area contributed by atoms with Gasteiger partial charge in [0.2, 0.25) is 0 Å². The smallest absolute Gasteiger partial charge is 0.276 e. The summed E-state index contributed by atoms with van der Waals surface area (Å²) in [6.45, 7) is 4.48. The lowest BCUT2D eigenvalue weighted by Gasteiger charge is -2.34. The van der Waals surface area contributed by atoms with E-state index in [0.717, 1.165) is 10.6 Å². The van der Waals surface area contributed by atoms with Crippen LogP contribution in [0.2, 0.25) is 5.02 Å². The van der Waals surface area contributed by atoms with Crippen LogP contribution in [0.5, 0.6) is 5.75 Å². The fraction of sp³-hybridized carbons (Fsp3) is 0.273. The number of hydrogen-bond donors (Lipinski definition) is 1. The Morgan fingerprint density at radius 1 is 1.19 bits per heavy atom. The van der Waals surface area contributed by atoms with Crippen LogP contribution in [-0.4, -0.2) is 38.8 Å². The van der Waals surface area contributed by atoms with Crippen molar-refractivity contribution < 1.29 is 14.3 Å². The van der Waals surface area contributed by atoms with Crippen molar-refractivity contribution in [1.82, 2.24) is 14.9 Å². The number of hydrogen-bond acceptors (Lipinski definition) is 6. The summed E-state index contributed by atoms with van der Waals surface area (Å²) < 4.78 is 5.94. The van der Waals surface area contributed by atoms with Gasteiger partial charge in [0.05, 0.1) is 12.2 Å². The first-order valence-corrected chi connectivity index (χ1v) is 11.0. The molecule has 1 aromatic carbocycles. The summed E-state index contributed by atoms with van der Waals surface area (Å²) >= 11 is 7.29. The molecule has 0 spiro atoms. The molecule has 1 aliphatic rings. The number of anilines is 1. The van der Waals surface area contributed by atoms with Crippen molar-refractivity contribution in [2.24, 2.45) is 0 Å². The van der Waals surface area contributed by atoms with Crippen LogP contribution in [0.15, 0.2) is 48.7 Å². The van der Waals surface area contributed by atoms with Gasteiger partial charge in [-0.05, 0) is 50.2 Å². The van der Waals surface area contributed by atoms with Gasteiger partial charge in [0.15, 0.2) is 10.7 Å². The molecular weight excluding hydrogens is 436 g/mol. The van der Waals surface area contributed by atoms with Crippen LogP contribution in [-0.2, 0) is 17.8 Å². The highest BCUT2D eigenvalue weighted by Crippen LogP contribution is 2.30. The summed E-state index contributed by atoms with van der Waals surface area (Å²) in [5, 5.41) is 3.91. The van der Waals surface area contributed by atoms with E-state index in [0.29, 0.717) is 41.1 Å². The van der Waals surface area contributed by atoms with E-state index < -0.39 is 5.60 Å². The van der Waals surface area contributed by atoms with Gasteiger partial charge in [-0.2, -0.15) is 0 Å². The number of nitrogens with zero attached hydrogens (tertiary/aromatic N) is 3. The van der Waals surface area contributed by atoms with Crippen LogP contribution >= 0.6 is 22.9 Å². The van der Waals surface area contributed by atoms with E-state index >= 15 is 0 Å². The maximum atomic E-state index is 13.2. The maximum absolute atomic E-state index is 13.2. The predicted octanol–water partition coefficient (Wildman–Crippen LogP) is 4.19. The third-order valence-electron chi connectivity index (χ3n) is 4.84. The first-order chi connectivity index (χ1) is 14.8. The van der Waals surface area contributed by atoms with Crippen molar-refractivity contribution >= 4 is 39.9 Å². The van der Waals surface area contributed by atoms with Crippen molar-refractivity contribution in [3.63, 3.8) is 0 Å². The number of aromatic nitrogens is 2. The SMILES string of the molecule is CC(C)(Oc1ccc(Cl)cc1)C(=O)N1CCc2nc(NC(=O)c3ccccn3)sc2C1. The number of carbonyl (C=O) groups is 2. The Hall–Kier alpha value is -2.97. The minimum Gasteiger partial charge on any atom is -0.478 e. The molecule has 0 atom stereocenters. The van der Waals surface area contributed by atoms with Gasteiger partial charge in [-0.3, -0.25) is 19.9 Å². The number of amides is 2. The normalized spacial score (nSPS) is 13.5. The van der Waals surface area contributed by atoms with Crippen LogP contribution < -0.4 is 10.1 Å². The molecule has 0 saturated carbocycles. The maximum Gasteiger partial charge on any atom is 0.276 e. The number of nitrogens with one attached hydrogen (secondary N) is 1. The molecule has 0 saturated heterocycles.